The second-order valence-electron chi connectivity index (χ2n) is 5.97. The van der Waals surface area contributed by atoms with Crippen LogP contribution in [0.4, 0.5) is 0 Å². The molecule has 0 unspecified atom stereocenters. The van der Waals surface area contributed by atoms with Crippen LogP contribution >= 0.6 is 0 Å². The van der Waals surface area contributed by atoms with Crippen LogP contribution in [0.1, 0.15) is 47.1 Å². The maximum Gasteiger partial charge on any atom is 0.339 e. The van der Waals surface area contributed by atoms with Gasteiger partial charge in [-0.3, -0.25) is 0 Å². The summed E-state index contributed by atoms with van der Waals surface area (Å²) in [5, 5.41) is 2.84. The number of aryl methyl sites for hydroxylation is 1. The first-order valence-electron chi connectivity index (χ1n) is 8.93. The lowest BCUT2D eigenvalue weighted by Crippen LogP contribution is -2.11. The highest BCUT2D eigenvalue weighted by atomic mass is 16.5. The predicted octanol–water partition coefficient (Wildman–Crippen LogP) is 4.91. The maximum absolute atomic E-state index is 12.7. The number of rotatable bonds is 5. The summed E-state index contributed by atoms with van der Waals surface area (Å²) in [6.45, 7) is 6.21. The van der Waals surface area contributed by atoms with Crippen LogP contribution in [0, 0.1) is 0 Å². The minimum atomic E-state index is -0.381. The van der Waals surface area contributed by atoms with E-state index >= 15 is 0 Å². The molecule has 3 rings (SSSR count). The average molecular weight is 350 g/mol. The molecule has 3 aromatic carbocycles. The highest BCUT2D eigenvalue weighted by molar-refractivity contribution is 6.24. The van der Waals surface area contributed by atoms with E-state index in [1.165, 1.54) is 0 Å². The number of benzene rings is 3. The first kappa shape index (κ1) is 17.9. The molecule has 0 saturated carbocycles. The fraction of sp³-hybridized carbons (Fsp3) is 0.273. The van der Waals surface area contributed by atoms with Gasteiger partial charge in [-0.05, 0) is 47.4 Å². The molecule has 0 heterocycles. The lowest BCUT2D eigenvalue weighted by molar-refractivity contribution is 0.0518. The van der Waals surface area contributed by atoms with Gasteiger partial charge in [0.15, 0.2) is 0 Å². The predicted molar refractivity (Wildman–Crippen MR) is 103 cm³/mol. The smallest absolute Gasteiger partial charge is 0.339 e. The summed E-state index contributed by atoms with van der Waals surface area (Å²) >= 11 is 0. The van der Waals surface area contributed by atoms with Crippen LogP contribution in [0.25, 0.3) is 21.5 Å². The van der Waals surface area contributed by atoms with Crippen LogP contribution in [0.5, 0.6) is 0 Å². The normalized spacial score (nSPS) is 10.9. The largest absolute Gasteiger partial charge is 0.462 e. The zero-order valence-corrected chi connectivity index (χ0v) is 15.3. The molecule has 0 atom stereocenters. The Bertz CT molecular complexity index is 988. The first-order chi connectivity index (χ1) is 12.6. The van der Waals surface area contributed by atoms with Crippen molar-refractivity contribution in [2.75, 3.05) is 13.2 Å². The minimum Gasteiger partial charge on any atom is -0.462 e. The Labute approximate surface area is 152 Å². The van der Waals surface area contributed by atoms with Gasteiger partial charge < -0.3 is 9.47 Å². The van der Waals surface area contributed by atoms with Gasteiger partial charge in [0, 0.05) is 0 Å². The summed E-state index contributed by atoms with van der Waals surface area (Å²) in [7, 11) is 0. The number of esters is 2. The van der Waals surface area contributed by atoms with E-state index in [2.05, 4.69) is 6.92 Å². The van der Waals surface area contributed by atoms with Crippen molar-refractivity contribution in [1.29, 1.82) is 0 Å². The molecule has 0 bridgehead atoms. The highest BCUT2D eigenvalue weighted by Gasteiger charge is 2.23. The standard InChI is InChI=1S/C22H22O4/c1-4-14-11-12-17-18(13-14)20(22(24)26-6-3)16-10-8-7-9-15(16)19(17)21(23)25-5-2/h7-13H,4-6H2,1-3H3. The van der Waals surface area contributed by atoms with E-state index < -0.39 is 0 Å². The third kappa shape index (κ3) is 3.03. The molecule has 0 aliphatic rings. The van der Waals surface area contributed by atoms with E-state index in [1.54, 1.807) is 13.8 Å². The molecule has 0 saturated heterocycles. The Morgan fingerprint density at radius 2 is 1.23 bits per heavy atom. The summed E-state index contributed by atoms with van der Waals surface area (Å²) in [4.78, 5) is 25.4. The van der Waals surface area contributed by atoms with Gasteiger partial charge in [0.2, 0.25) is 0 Å². The summed E-state index contributed by atoms with van der Waals surface area (Å²) < 4.78 is 10.6. The van der Waals surface area contributed by atoms with Gasteiger partial charge in [-0.2, -0.15) is 0 Å². The van der Waals surface area contributed by atoms with Crippen molar-refractivity contribution in [3.05, 3.63) is 59.2 Å². The van der Waals surface area contributed by atoms with Crippen molar-refractivity contribution in [3.8, 4) is 0 Å². The third-order valence-corrected chi connectivity index (χ3v) is 4.46. The van der Waals surface area contributed by atoms with Crippen molar-refractivity contribution < 1.29 is 19.1 Å². The van der Waals surface area contributed by atoms with Crippen molar-refractivity contribution in [1.82, 2.24) is 0 Å². The van der Waals surface area contributed by atoms with Crippen molar-refractivity contribution >= 4 is 33.5 Å². The van der Waals surface area contributed by atoms with Gasteiger partial charge in [0.1, 0.15) is 0 Å². The van der Waals surface area contributed by atoms with Crippen LogP contribution in [0.2, 0.25) is 0 Å². The van der Waals surface area contributed by atoms with E-state index in [4.69, 9.17) is 9.47 Å². The van der Waals surface area contributed by atoms with E-state index in [1.807, 2.05) is 42.5 Å². The second kappa shape index (κ2) is 7.56. The molecule has 0 aliphatic carbocycles. The monoisotopic (exact) mass is 350 g/mol. The quantitative estimate of drug-likeness (QED) is 0.485. The topological polar surface area (TPSA) is 52.6 Å². The highest BCUT2D eigenvalue weighted by Crippen LogP contribution is 2.34. The summed E-state index contributed by atoms with van der Waals surface area (Å²) in [6.07, 6.45) is 0.833. The molecule has 0 aromatic heterocycles. The Balaban J connectivity index is 2.49. The number of carbonyl (C=O) groups is 2. The first-order valence-corrected chi connectivity index (χ1v) is 8.93. The van der Waals surface area contributed by atoms with E-state index in [0.717, 1.165) is 17.4 Å². The average Bonchev–Trinajstić information content (AvgIpc) is 2.65. The van der Waals surface area contributed by atoms with Gasteiger partial charge in [0.25, 0.3) is 0 Å². The molecule has 134 valence electrons. The minimum absolute atomic E-state index is 0.293. The van der Waals surface area contributed by atoms with Crippen LogP contribution in [0.3, 0.4) is 0 Å². The van der Waals surface area contributed by atoms with Crippen molar-refractivity contribution in [3.63, 3.8) is 0 Å². The molecule has 0 N–H and O–H groups in total. The number of fused-ring (bicyclic) bond motifs is 2. The molecule has 26 heavy (non-hydrogen) atoms. The Morgan fingerprint density at radius 1 is 0.731 bits per heavy atom. The molecule has 3 aromatic rings. The third-order valence-electron chi connectivity index (χ3n) is 4.46. The fourth-order valence-electron chi connectivity index (χ4n) is 3.29. The van der Waals surface area contributed by atoms with Gasteiger partial charge in [-0.1, -0.05) is 49.4 Å². The molecular weight excluding hydrogens is 328 g/mol. The van der Waals surface area contributed by atoms with E-state index in [9.17, 15) is 9.59 Å². The van der Waals surface area contributed by atoms with Crippen LogP contribution in [-0.2, 0) is 15.9 Å². The van der Waals surface area contributed by atoms with E-state index in [0.29, 0.717) is 40.5 Å². The number of hydrogen-bond acceptors (Lipinski definition) is 4. The second-order valence-corrected chi connectivity index (χ2v) is 5.97. The molecule has 0 radical (unpaired) electrons. The molecular formula is C22H22O4. The molecule has 0 aliphatic heterocycles. The Morgan fingerprint density at radius 3 is 1.73 bits per heavy atom. The lowest BCUT2D eigenvalue weighted by atomic mass is 9.90. The number of carbonyl (C=O) groups excluding carboxylic acids is 2. The Kier molecular flexibility index (Phi) is 5.21. The molecule has 0 spiro atoms. The van der Waals surface area contributed by atoms with Gasteiger partial charge >= 0.3 is 11.9 Å². The zero-order valence-electron chi connectivity index (χ0n) is 15.3. The van der Waals surface area contributed by atoms with Gasteiger partial charge in [-0.25, -0.2) is 9.59 Å². The maximum atomic E-state index is 12.7. The molecule has 4 nitrogen and oxygen atoms in total. The summed E-state index contributed by atoms with van der Waals surface area (Å²) in [6, 6.07) is 13.3. The molecule has 4 heteroatoms. The van der Waals surface area contributed by atoms with Gasteiger partial charge in [0.05, 0.1) is 24.3 Å². The lowest BCUT2D eigenvalue weighted by Gasteiger charge is -2.16. The Hall–Kier alpha value is -2.88. The molecule has 0 amide bonds. The van der Waals surface area contributed by atoms with Crippen LogP contribution in [-0.4, -0.2) is 25.2 Å². The van der Waals surface area contributed by atoms with E-state index in [-0.39, 0.29) is 11.9 Å². The van der Waals surface area contributed by atoms with Crippen molar-refractivity contribution in [2.24, 2.45) is 0 Å². The zero-order chi connectivity index (χ0) is 18.7. The number of ether oxygens (including phenoxy) is 2. The van der Waals surface area contributed by atoms with Crippen molar-refractivity contribution in [2.45, 2.75) is 27.2 Å². The van der Waals surface area contributed by atoms with Crippen LogP contribution in [0.15, 0.2) is 42.5 Å². The van der Waals surface area contributed by atoms with Crippen LogP contribution < -0.4 is 0 Å². The number of hydrogen-bond donors (Lipinski definition) is 0. The SMILES string of the molecule is CCOC(=O)c1c2ccccc2c(C(=O)OCC)c2cc(CC)ccc12. The summed E-state index contributed by atoms with van der Waals surface area (Å²) in [5.74, 6) is -0.759. The van der Waals surface area contributed by atoms with Gasteiger partial charge in [-0.15, -0.1) is 0 Å². The fourth-order valence-corrected chi connectivity index (χ4v) is 3.29. The summed E-state index contributed by atoms with van der Waals surface area (Å²) in [5.41, 5.74) is 2.09. The molecule has 0 fully saturated rings.